The minimum Gasteiger partial charge on any atom is -0.481 e. The molecule has 1 aliphatic heterocycles. The van der Waals surface area contributed by atoms with Crippen molar-refractivity contribution in [3.05, 3.63) is 30.3 Å². The molecule has 1 fully saturated rings. The summed E-state index contributed by atoms with van der Waals surface area (Å²) in [6, 6.07) is 8.42. The monoisotopic (exact) mass is 320 g/mol. The fraction of sp³-hybridized carbons (Fsp3) is 0.438. The van der Waals surface area contributed by atoms with Gasteiger partial charge in [-0.1, -0.05) is 38.0 Å². The molecular formula is C16H20N2O3S. The first-order chi connectivity index (χ1) is 10.6. The smallest absolute Gasteiger partial charge is 0.305 e. The zero-order valence-corrected chi connectivity index (χ0v) is 13.4. The number of rotatable bonds is 7. The van der Waals surface area contributed by atoms with Gasteiger partial charge < -0.3 is 10.0 Å². The molecule has 0 aromatic heterocycles. The van der Waals surface area contributed by atoms with Crippen LogP contribution in [0.5, 0.6) is 0 Å². The topological polar surface area (TPSA) is 60.9 Å². The largest absolute Gasteiger partial charge is 0.481 e. The normalized spacial score (nSPS) is 18.1. The molecule has 6 heteroatoms. The van der Waals surface area contributed by atoms with Crippen LogP contribution < -0.4 is 4.90 Å². The van der Waals surface area contributed by atoms with Crippen LogP contribution in [0.15, 0.2) is 30.3 Å². The molecule has 0 bridgehead atoms. The van der Waals surface area contributed by atoms with Crippen molar-refractivity contribution in [2.75, 3.05) is 11.4 Å². The highest BCUT2D eigenvalue weighted by Crippen LogP contribution is 2.27. The second-order valence-corrected chi connectivity index (χ2v) is 5.67. The van der Waals surface area contributed by atoms with Crippen LogP contribution in [-0.2, 0) is 9.59 Å². The minimum absolute atomic E-state index is 0.228. The number of benzene rings is 1. The lowest BCUT2D eigenvalue weighted by Gasteiger charge is -2.23. The predicted molar refractivity (Wildman–Crippen MR) is 88.8 cm³/mol. The summed E-state index contributed by atoms with van der Waals surface area (Å²) < 4.78 is 0. The number of hydrogen-bond donors (Lipinski definition) is 1. The standard InChI is InChI=1S/C16H20N2O3S/c1-2-3-7-10-17-13(11-14(19)20)15(21)18(16(17)22)12-8-5-4-6-9-12/h4-6,8-9,13H,2-3,7,10-11H2,1H3,(H,19,20). The molecule has 0 aliphatic carbocycles. The number of thiocarbonyl (C=S) groups is 1. The number of para-hydroxylation sites is 1. The van der Waals surface area contributed by atoms with Crippen molar-refractivity contribution in [1.82, 2.24) is 4.90 Å². The van der Waals surface area contributed by atoms with Crippen LogP contribution in [0.25, 0.3) is 0 Å². The summed E-state index contributed by atoms with van der Waals surface area (Å²) in [5.74, 6) is -1.24. The van der Waals surface area contributed by atoms with E-state index in [-0.39, 0.29) is 12.3 Å². The van der Waals surface area contributed by atoms with E-state index >= 15 is 0 Å². The molecule has 1 amide bonds. The number of carboxylic acids is 1. The SMILES string of the molecule is CCCCCN1C(=S)N(c2ccccc2)C(=O)C1CC(=O)O. The van der Waals surface area contributed by atoms with Gasteiger partial charge in [0.05, 0.1) is 12.1 Å². The Morgan fingerprint density at radius 1 is 1.27 bits per heavy atom. The van der Waals surface area contributed by atoms with Gasteiger partial charge in [-0.15, -0.1) is 0 Å². The van der Waals surface area contributed by atoms with Gasteiger partial charge in [0.1, 0.15) is 6.04 Å². The Hall–Kier alpha value is -1.95. The van der Waals surface area contributed by atoms with Crippen molar-refractivity contribution >= 4 is 34.9 Å². The van der Waals surface area contributed by atoms with Gasteiger partial charge in [-0.25, -0.2) is 0 Å². The number of hydrogen-bond acceptors (Lipinski definition) is 3. The van der Waals surface area contributed by atoms with Crippen LogP contribution in [0.1, 0.15) is 32.6 Å². The zero-order valence-electron chi connectivity index (χ0n) is 12.6. The van der Waals surface area contributed by atoms with Crippen LogP contribution in [0.4, 0.5) is 5.69 Å². The molecule has 0 saturated carbocycles. The predicted octanol–water partition coefficient (Wildman–Crippen LogP) is 2.65. The molecule has 1 atom stereocenters. The molecule has 1 N–H and O–H groups in total. The van der Waals surface area contributed by atoms with Gasteiger partial charge in [-0.05, 0) is 30.8 Å². The molecule has 118 valence electrons. The maximum Gasteiger partial charge on any atom is 0.305 e. The third-order valence-corrected chi connectivity index (χ3v) is 4.12. The summed E-state index contributed by atoms with van der Waals surface area (Å²) in [5, 5.41) is 9.48. The van der Waals surface area contributed by atoms with E-state index in [0.717, 1.165) is 19.3 Å². The zero-order chi connectivity index (χ0) is 16.1. The molecule has 1 unspecified atom stereocenters. The number of amides is 1. The first-order valence-corrected chi connectivity index (χ1v) is 7.88. The van der Waals surface area contributed by atoms with Crippen LogP contribution in [0.3, 0.4) is 0 Å². The number of carboxylic acid groups (broad SMARTS) is 1. The Kier molecular flexibility index (Phi) is 5.49. The second-order valence-electron chi connectivity index (χ2n) is 5.31. The van der Waals surface area contributed by atoms with Gasteiger partial charge in [0.15, 0.2) is 5.11 Å². The number of carbonyl (C=O) groups excluding carboxylic acids is 1. The molecule has 5 nitrogen and oxygen atoms in total. The number of nitrogens with zero attached hydrogens (tertiary/aromatic N) is 2. The van der Waals surface area contributed by atoms with Crippen molar-refractivity contribution < 1.29 is 14.7 Å². The van der Waals surface area contributed by atoms with Gasteiger partial charge in [0.2, 0.25) is 0 Å². The summed E-state index contributed by atoms with van der Waals surface area (Å²) in [4.78, 5) is 26.9. The van der Waals surface area contributed by atoms with Gasteiger partial charge >= 0.3 is 5.97 Å². The van der Waals surface area contributed by atoms with E-state index in [0.29, 0.717) is 17.3 Å². The van der Waals surface area contributed by atoms with Crippen molar-refractivity contribution in [3.63, 3.8) is 0 Å². The Labute approximate surface area is 135 Å². The van der Waals surface area contributed by atoms with E-state index in [1.54, 1.807) is 17.0 Å². The highest BCUT2D eigenvalue weighted by atomic mass is 32.1. The summed E-state index contributed by atoms with van der Waals surface area (Å²) >= 11 is 5.44. The Bertz CT molecular complexity index is 562. The molecule has 1 aromatic carbocycles. The lowest BCUT2D eigenvalue weighted by molar-refractivity contribution is -0.139. The molecular weight excluding hydrogens is 300 g/mol. The summed E-state index contributed by atoms with van der Waals surface area (Å²) in [6.07, 6.45) is 2.75. The van der Waals surface area contributed by atoms with Gasteiger partial charge in [0, 0.05) is 6.54 Å². The summed E-state index contributed by atoms with van der Waals surface area (Å²) in [6.45, 7) is 2.71. The molecule has 22 heavy (non-hydrogen) atoms. The summed E-state index contributed by atoms with van der Waals surface area (Å²) in [7, 11) is 0. The molecule has 1 saturated heterocycles. The quantitative estimate of drug-likeness (QED) is 0.618. The van der Waals surface area contributed by atoms with E-state index in [1.807, 2.05) is 18.2 Å². The van der Waals surface area contributed by atoms with Crippen molar-refractivity contribution in [2.24, 2.45) is 0 Å². The molecule has 0 radical (unpaired) electrons. The summed E-state index contributed by atoms with van der Waals surface area (Å²) in [5.41, 5.74) is 0.686. The lowest BCUT2D eigenvalue weighted by atomic mass is 10.1. The van der Waals surface area contributed by atoms with Gasteiger partial charge in [0.25, 0.3) is 5.91 Å². The first-order valence-electron chi connectivity index (χ1n) is 7.47. The molecule has 1 heterocycles. The third kappa shape index (κ3) is 3.44. The van der Waals surface area contributed by atoms with E-state index in [2.05, 4.69) is 6.92 Å². The number of anilines is 1. The van der Waals surface area contributed by atoms with Crippen molar-refractivity contribution in [3.8, 4) is 0 Å². The van der Waals surface area contributed by atoms with Gasteiger partial charge in [-0.2, -0.15) is 0 Å². The molecule has 2 rings (SSSR count). The van der Waals surface area contributed by atoms with E-state index in [4.69, 9.17) is 17.3 Å². The second kappa shape index (κ2) is 7.35. The van der Waals surface area contributed by atoms with Crippen molar-refractivity contribution in [1.29, 1.82) is 0 Å². The van der Waals surface area contributed by atoms with Crippen molar-refractivity contribution in [2.45, 2.75) is 38.6 Å². The molecule has 0 spiro atoms. The van der Waals surface area contributed by atoms with E-state index < -0.39 is 12.0 Å². The van der Waals surface area contributed by atoms with Crippen LogP contribution in [0, 0.1) is 0 Å². The average molecular weight is 320 g/mol. The maximum absolute atomic E-state index is 12.6. The van der Waals surface area contributed by atoms with E-state index in [1.165, 1.54) is 4.90 Å². The Balaban J connectivity index is 2.25. The Morgan fingerprint density at radius 2 is 1.95 bits per heavy atom. The van der Waals surface area contributed by atoms with Crippen LogP contribution in [0.2, 0.25) is 0 Å². The molecule has 1 aromatic rings. The van der Waals surface area contributed by atoms with Crippen LogP contribution >= 0.6 is 12.2 Å². The van der Waals surface area contributed by atoms with Crippen LogP contribution in [-0.4, -0.2) is 39.6 Å². The average Bonchev–Trinajstić information content (AvgIpc) is 2.72. The fourth-order valence-electron chi connectivity index (χ4n) is 2.60. The first kappa shape index (κ1) is 16.4. The fourth-order valence-corrected chi connectivity index (χ4v) is 3.01. The lowest BCUT2D eigenvalue weighted by Crippen LogP contribution is -2.37. The minimum atomic E-state index is -0.989. The highest BCUT2D eigenvalue weighted by Gasteiger charge is 2.43. The molecule has 1 aliphatic rings. The maximum atomic E-state index is 12.6. The van der Waals surface area contributed by atoms with Gasteiger partial charge in [-0.3, -0.25) is 14.5 Å². The third-order valence-electron chi connectivity index (χ3n) is 3.70. The number of carbonyl (C=O) groups is 2. The Morgan fingerprint density at radius 3 is 2.55 bits per heavy atom. The number of unbranched alkanes of at least 4 members (excludes halogenated alkanes) is 2. The number of aliphatic carboxylic acids is 1. The van der Waals surface area contributed by atoms with E-state index in [9.17, 15) is 9.59 Å². The highest BCUT2D eigenvalue weighted by molar-refractivity contribution is 7.80.